The molecule has 0 rings (SSSR count). The summed E-state index contributed by atoms with van der Waals surface area (Å²) in [7, 11) is 0. The van der Waals surface area contributed by atoms with Crippen molar-refractivity contribution in [1.82, 2.24) is 5.32 Å². The van der Waals surface area contributed by atoms with Gasteiger partial charge in [-0.25, -0.2) is 0 Å². The highest BCUT2D eigenvalue weighted by atomic mass is 35.5. The molecule has 0 radical (unpaired) electrons. The molecule has 0 aliphatic carbocycles. The van der Waals surface area contributed by atoms with Gasteiger partial charge < -0.3 is 5.32 Å². The van der Waals surface area contributed by atoms with Crippen LogP contribution in [0.3, 0.4) is 0 Å². The molecule has 0 aromatic heterocycles. The van der Waals surface area contributed by atoms with E-state index in [1.165, 1.54) is 0 Å². The quantitative estimate of drug-likeness (QED) is 0.646. The van der Waals surface area contributed by atoms with E-state index >= 15 is 0 Å². The molecular weight excluding hydrogens is 169 g/mol. The minimum atomic E-state index is -0.0438. The van der Waals surface area contributed by atoms with Gasteiger partial charge >= 0.3 is 0 Å². The minimum Gasteiger partial charge on any atom is -0.309 e. The Morgan fingerprint density at radius 3 is 1.80 bits per heavy atom. The van der Waals surface area contributed by atoms with E-state index in [1.54, 1.807) is 0 Å². The second-order valence-corrected chi connectivity index (χ2v) is 2.97. The van der Waals surface area contributed by atoms with Crippen LogP contribution in [0.5, 0.6) is 0 Å². The number of nitrogens with one attached hydrogen (secondary N) is 1. The van der Waals surface area contributed by atoms with Crippen LogP contribution in [0, 0.1) is 0 Å². The lowest BCUT2D eigenvalue weighted by Gasteiger charge is -2.28. The van der Waals surface area contributed by atoms with Crippen LogP contribution < -0.4 is 5.32 Å². The molecule has 0 unspecified atom stereocenters. The zero-order valence-electron chi connectivity index (χ0n) is 6.58. The molecule has 0 heterocycles. The van der Waals surface area contributed by atoms with E-state index in [2.05, 4.69) is 19.2 Å². The van der Waals surface area contributed by atoms with E-state index < -0.39 is 0 Å². The Morgan fingerprint density at radius 2 is 1.70 bits per heavy atom. The topological polar surface area (TPSA) is 12.0 Å². The van der Waals surface area contributed by atoms with E-state index in [1.807, 2.05) is 0 Å². The predicted octanol–water partition coefficient (Wildman–Crippen LogP) is 2.22. The SMILES string of the molecule is CCNC(CC)(CCl)CCl. The minimum absolute atomic E-state index is 0.0438. The van der Waals surface area contributed by atoms with Gasteiger partial charge in [-0.1, -0.05) is 13.8 Å². The predicted molar refractivity (Wildman–Crippen MR) is 48.1 cm³/mol. The van der Waals surface area contributed by atoms with Crippen molar-refractivity contribution in [3.8, 4) is 0 Å². The fourth-order valence-corrected chi connectivity index (χ4v) is 1.67. The Balaban J connectivity index is 3.87. The van der Waals surface area contributed by atoms with Crippen LogP contribution in [0.15, 0.2) is 0 Å². The van der Waals surface area contributed by atoms with Gasteiger partial charge in [0.1, 0.15) is 0 Å². The number of rotatable bonds is 5. The molecule has 0 aliphatic heterocycles. The van der Waals surface area contributed by atoms with E-state index in [4.69, 9.17) is 23.2 Å². The van der Waals surface area contributed by atoms with Gasteiger partial charge in [-0.2, -0.15) is 0 Å². The van der Waals surface area contributed by atoms with Crippen molar-refractivity contribution in [3.05, 3.63) is 0 Å². The Bertz CT molecular complexity index is 73.4. The molecule has 0 atom stereocenters. The summed E-state index contributed by atoms with van der Waals surface area (Å²) < 4.78 is 0. The Hall–Kier alpha value is 0.540. The third-order valence-corrected chi connectivity index (χ3v) is 2.76. The Kier molecular flexibility index (Phi) is 5.51. The van der Waals surface area contributed by atoms with E-state index in [9.17, 15) is 0 Å². The molecule has 62 valence electrons. The maximum Gasteiger partial charge on any atom is 0.0451 e. The summed E-state index contributed by atoms with van der Waals surface area (Å²) in [4.78, 5) is 0. The smallest absolute Gasteiger partial charge is 0.0451 e. The van der Waals surface area contributed by atoms with Crippen molar-refractivity contribution >= 4 is 23.2 Å². The second kappa shape index (κ2) is 5.22. The Labute approximate surface area is 73.1 Å². The third kappa shape index (κ3) is 2.65. The first-order valence-corrected chi connectivity index (χ1v) is 4.68. The van der Waals surface area contributed by atoms with Crippen LogP contribution in [0.25, 0.3) is 0 Å². The molecule has 0 fully saturated rings. The summed E-state index contributed by atoms with van der Waals surface area (Å²) in [5.41, 5.74) is -0.0438. The molecule has 0 aliphatic rings. The van der Waals surface area contributed by atoms with Crippen molar-refractivity contribution in [3.63, 3.8) is 0 Å². The standard InChI is InChI=1S/C7H15Cl2N/c1-3-7(5-8,6-9)10-4-2/h10H,3-6H2,1-2H3. The van der Waals surface area contributed by atoms with Crippen molar-refractivity contribution in [1.29, 1.82) is 0 Å². The van der Waals surface area contributed by atoms with Crippen LogP contribution in [-0.2, 0) is 0 Å². The first kappa shape index (κ1) is 10.5. The molecule has 0 aromatic rings. The summed E-state index contributed by atoms with van der Waals surface area (Å²) in [6.45, 7) is 5.07. The first-order chi connectivity index (χ1) is 4.74. The zero-order chi connectivity index (χ0) is 8.04. The molecule has 0 amide bonds. The van der Waals surface area contributed by atoms with Crippen molar-refractivity contribution < 1.29 is 0 Å². The largest absolute Gasteiger partial charge is 0.309 e. The average Bonchev–Trinajstić information content (AvgIpc) is 2.01. The summed E-state index contributed by atoms with van der Waals surface area (Å²) in [5, 5.41) is 3.28. The van der Waals surface area contributed by atoms with Crippen molar-refractivity contribution in [2.75, 3.05) is 18.3 Å². The van der Waals surface area contributed by atoms with Crippen molar-refractivity contribution in [2.24, 2.45) is 0 Å². The van der Waals surface area contributed by atoms with Gasteiger partial charge in [-0.05, 0) is 13.0 Å². The zero-order valence-corrected chi connectivity index (χ0v) is 8.10. The lowest BCUT2D eigenvalue weighted by atomic mass is 10.0. The van der Waals surface area contributed by atoms with E-state index in [0.29, 0.717) is 11.8 Å². The van der Waals surface area contributed by atoms with Gasteiger partial charge in [0.25, 0.3) is 0 Å². The maximum absolute atomic E-state index is 5.76. The highest BCUT2D eigenvalue weighted by molar-refractivity contribution is 6.22. The van der Waals surface area contributed by atoms with Gasteiger partial charge in [0.15, 0.2) is 0 Å². The molecule has 1 nitrogen and oxygen atoms in total. The molecular formula is C7H15Cl2N. The van der Waals surface area contributed by atoms with Crippen molar-refractivity contribution in [2.45, 2.75) is 25.8 Å². The van der Waals surface area contributed by atoms with Gasteiger partial charge in [0.05, 0.1) is 0 Å². The summed E-state index contributed by atoms with van der Waals surface area (Å²) in [5.74, 6) is 1.17. The average molecular weight is 184 g/mol. The van der Waals surface area contributed by atoms with Gasteiger partial charge in [0, 0.05) is 17.3 Å². The first-order valence-electron chi connectivity index (χ1n) is 3.61. The van der Waals surface area contributed by atoms with E-state index in [-0.39, 0.29) is 5.54 Å². The van der Waals surface area contributed by atoms with Crippen LogP contribution in [0.1, 0.15) is 20.3 Å². The lowest BCUT2D eigenvalue weighted by molar-refractivity contribution is 0.397. The van der Waals surface area contributed by atoms with Crippen LogP contribution in [-0.4, -0.2) is 23.8 Å². The van der Waals surface area contributed by atoms with Gasteiger partial charge in [-0.3, -0.25) is 0 Å². The fraction of sp³-hybridized carbons (Fsp3) is 1.00. The molecule has 3 heteroatoms. The fourth-order valence-electron chi connectivity index (χ4n) is 0.819. The summed E-state index contributed by atoms with van der Waals surface area (Å²) in [6, 6.07) is 0. The van der Waals surface area contributed by atoms with Gasteiger partial charge in [-0.15, -0.1) is 23.2 Å². The lowest BCUT2D eigenvalue weighted by Crippen LogP contribution is -2.48. The normalized spacial score (nSPS) is 12.0. The molecule has 0 spiro atoms. The Morgan fingerprint density at radius 1 is 1.20 bits per heavy atom. The van der Waals surface area contributed by atoms with Crippen LogP contribution >= 0.6 is 23.2 Å². The molecule has 0 saturated carbocycles. The monoisotopic (exact) mass is 183 g/mol. The molecule has 0 aromatic carbocycles. The number of alkyl halides is 2. The number of halogens is 2. The highest BCUT2D eigenvalue weighted by Crippen LogP contribution is 2.13. The molecule has 1 N–H and O–H groups in total. The number of hydrogen-bond donors (Lipinski definition) is 1. The highest BCUT2D eigenvalue weighted by Gasteiger charge is 2.23. The third-order valence-electron chi connectivity index (χ3n) is 1.74. The number of hydrogen-bond acceptors (Lipinski definition) is 1. The van der Waals surface area contributed by atoms with Crippen LogP contribution in [0.4, 0.5) is 0 Å². The molecule has 0 bridgehead atoms. The molecule has 10 heavy (non-hydrogen) atoms. The van der Waals surface area contributed by atoms with Crippen LogP contribution in [0.2, 0.25) is 0 Å². The van der Waals surface area contributed by atoms with Gasteiger partial charge in [0.2, 0.25) is 0 Å². The molecule has 0 saturated heterocycles. The second-order valence-electron chi connectivity index (χ2n) is 2.43. The summed E-state index contributed by atoms with van der Waals surface area (Å²) >= 11 is 11.5. The maximum atomic E-state index is 5.76. The van der Waals surface area contributed by atoms with E-state index in [0.717, 1.165) is 13.0 Å². The summed E-state index contributed by atoms with van der Waals surface area (Å²) in [6.07, 6.45) is 0.980.